The molecule has 0 unspecified atom stereocenters. The summed E-state index contributed by atoms with van der Waals surface area (Å²) in [6.45, 7) is 3.94. The Morgan fingerprint density at radius 2 is 1.88 bits per heavy atom. The first-order chi connectivity index (χ1) is 12.0. The van der Waals surface area contributed by atoms with Gasteiger partial charge in [0.2, 0.25) is 0 Å². The van der Waals surface area contributed by atoms with Crippen LogP contribution >= 0.6 is 11.3 Å². The summed E-state index contributed by atoms with van der Waals surface area (Å²) in [4.78, 5) is 18.7. The third-order valence-electron chi connectivity index (χ3n) is 4.27. The largest absolute Gasteiger partial charge is 0.397 e. The lowest BCUT2D eigenvalue weighted by molar-refractivity contribution is 0.103. The van der Waals surface area contributed by atoms with Gasteiger partial charge in [0, 0.05) is 22.2 Å². The Kier molecular flexibility index (Phi) is 3.66. The quantitative estimate of drug-likeness (QED) is 0.542. The molecule has 25 heavy (non-hydrogen) atoms. The van der Waals surface area contributed by atoms with Gasteiger partial charge in [-0.3, -0.25) is 4.79 Å². The number of nitrogens with two attached hydrogens (primary N) is 1. The molecule has 0 aliphatic carbocycles. The summed E-state index contributed by atoms with van der Waals surface area (Å²) in [5.41, 5.74) is 9.51. The number of rotatable bonds is 2. The summed E-state index contributed by atoms with van der Waals surface area (Å²) in [7, 11) is 0. The summed E-state index contributed by atoms with van der Waals surface area (Å²) in [5.74, 6) is -0.200. The number of fused-ring (bicyclic) bond motifs is 2. The van der Waals surface area contributed by atoms with Crippen molar-refractivity contribution in [2.75, 3.05) is 11.1 Å². The van der Waals surface area contributed by atoms with Crippen molar-refractivity contribution in [3.8, 4) is 0 Å². The van der Waals surface area contributed by atoms with E-state index in [9.17, 15) is 4.79 Å². The summed E-state index contributed by atoms with van der Waals surface area (Å²) in [5, 5.41) is 5.96. The maximum atomic E-state index is 12.8. The normalized spacial score (nSPS) is 11.1. The molecule has 4 rings (SSSR count). The maximum Gasteiger partial charge on any atom is 0.267 e. The summed E-state index contributed by atoms with van der Waals surface area (Å²) in [6, 6.07) is 15.8. The number of hydrogen-bond acceptors (Lipinski definition) is 4. The Bertz CT molecular complexity index is 1130. The van der Waals surface area contributed by atoms with Crippen molar-refractivity contribution in [3.05, 3.63) is 64.7 Å². The van der Waals surface area contributed by atoms with E-state index in [-0.39, 0.29) is 5.91 Å². The van der Waals surface area contributed by atoms with Crippen LogP contribution in [0, 0.1) is 13.8 Å². The highest BCUT2D eigenvalue weighted by atomic mass is 32.1. The molecule has 5 heteroatoms. The first-order valence-electron chi connectivity index (χ1n) is 8.00. The molecule has 0 atom stereocenters. The number of amides is 1. The highest BCUT2D eigenvalue weighted by Gasteiger charge is 2.19. The molecule has 0 aliphatic rings. The smallest absolute Gasteiger partial charge is 0.267 e. The number of anilines is 2. The van der Waals surface area contributed by atoms with Crippen molar-refractivity contribution >= 4 is 49.6 Å². The van der Waals surface area contributed by atoms with Gasteiger partial charge >= 0.3 is 0 Å². The zero-order valence-electron chi connectivity index (χ0n) is 14.0. The Labute approximate surface area is 149 Å². The number of carbonyl (C=O) groups excluding carboxylic acids is 1. The van der Waals surface area contributed by atoms with Gasteiger partial charge < -0.3 is 11.1 Å². The second kappa shape index (κ2) is 5.86. The Morgan fingerprint density at radius 1 is 1.12 bits per heavy atom. The summed E-state index contributed by atoms with van der Waals surface area (Å²) in [6.07, 6.45) is 0. The van der Waals surface area contributed by atoms with Gasteiger partial charge in [0.05, 0.1) is 5.69 Å². The van der Waals surface area contributed by atoms with Crippen molar-refractivity contribution in [2.45, 2.75) is 13.8 Å². The minimum absolute atomic E-state index is 0.200. The standard InChI is InChI=1S/C20H17N3OS/c1-11-10-12(2)22-20-16(11)17(21)18(25-20)19(24)23-15-9-5-7-13-6-3-4-8-14(13)15/h3-10H,21H2,1-2H3,(H,23,24). The van der Waals surface area contributed by atoms with Crippen molar-refractivity contribution in [1.82, 2.24) is 4.98 Å². The van der Waals surface area contributed by atoms with Crippen LogP contribution in [0.4, 0.5) is 11.4 Å². The maximum absolute atomic E-state index is 12.8. The van der Waals surface area contributed by atoms with Gasteiger partial charge in [-0.25, -0.2) is 4.98 Å². The van der Waals surface area contributed by atoms with Crippen LogP contribution in [0.1, 0.15) is 20.9 Å². The van der Waals surface area contributed by atoms with E-state index in [2.05, 4.69) is 10.3 Å². The lowest BCUT2D eigenvalue weighted by Gasteiger charge is -2.08. The lowest BCUT2D eigenvalue weighted by Crippen LogP contribution is -2.12. The molecule has 4 aromatic rings. The van der Waals surface area contributed by atoms with E-state index in [4.69, 9.17) is 5.73 Å². The molecule has 0 spiro atoms. The minimum atomic E-state index is -0.200. The number of nitrogens with one attached hydrogen (secondary N) is 1. The van der Waals surface area contributed by atoms with E-state index in [1.165, 1.54) is 11.3 Å². The second-order valence-electron chi connectivity index (χ2n) is 6.09. The van der Waals surface area contributed by atoms with E-state index in [1.807, 2.05) is 62.4 Å². The van der Waals surface area contributed by atoms with Crippen molar-refractivity contribution in [1.29, 1.82) is 0 Å². The van der Waals surface area contributed by atoms with Crippen molar-refractivity contribution in [2.24, 2.45) is 0 Å². The van der Waals surface area contributed by atoms with Gasteiger partial charge in [0.1, 0.15) is 9.71 Å². The molecule has 0 saturated carbocycles. The molecular formula is C20H17N3OS. The predicted octanol–water partition coefficient (Wildman–Crippen LogP) is 4.90. The van der Waals surface area contributed by atoms with E-state index < -0.39 is 0 Å². The van der Waals surface area contributed by atoms with Crippen LogP contribution in [0.2, 0.25) is 0 Å². The van der Waals surface area contributed by atoms with Crippen LogP contribution in [0.5, 0.6) is 0 Å². The number of thiophene rings is 1. The van der Waals surface area contributed by atoms with E-state index in [0.29, 0.717) is 10.6 Å². The second-order valence-corrected chi connectivity index (χ2v) is 7.09. The number of aromatic nitrogens is 1. The molecule has 1 amide bonds. The molecule has 124 valence electrons. The molecule has 0 saturated heterocycles. The fourth-order valence-electron chi connectivity index (χ4n) is 3.15. The fourth-order valence-corrected chi connectivity index (χ4v) is 4.26. The molecule has 0 bridgehead atoms. The number of hydrogen-bond donors (Lipinski definition) is 2. The molecule has 3 N–H and O–H groups in total. The van der Waals surface area contributed by atoms with Gasteiger partial charge in [-0.2, -0.15) is 0 Å². The number of pyridine rings is 1. The van der Waals surface area contributed by atoms with Crippen molar-refractivity contribution < 1.29 is 4.79 Å². The van der Waals surface area contributed by atoms with Gasteiger partial charge in [-0.1, -0.05) is 36.4 Å². The van der Waals surface area contributed by atoms with Gasteiger partial charge in [-0.15, -0.1) is 11.3 Å². The number of nitrogen functional groups attached to an aromatic ring is 1. The van der Waals surface area contributed by atoms with Crippen LogP contribution in [-0.2, 0) is 0 Å². The predicted molar refractivity (Wildman–Crippen MR) is 105 cm³/mol. The molecule has 2 heterocycles. The number of carbonyl (C=O) groups is 1. The van der Waals surface area contributed by atoms with E-state index in [0.717, 1.165) is 37.9 Å². The van der Waals surface area contributed by atoms with Crippen LogP contribution in [-0.4, -0.2) is 10.9 Å². The summed E-state index contributed by atoms with van der Waals surface area (Å²) >= 11 is 1.34. The zero-order valence-corrected chi connectivity index (χ0v) is 14.8. The minimum Gasteiger partial charge on any atom is -0.397 e. The Balaban J connectivity index is 1.78. The van der Waals surface area contributed by atoms with Crippen molar-refractivity contribution in [3.63, 3.8) is 0 Å². The lowest BCUT2D eigenvalue weighted by atomic mass is 10.1. The first-order valence-corrected chi connectivity index (χ1v) is 8.81. The average molecular weight is 347 g/mol. The molecule has 2 aromatic carbocycles. The van der Waals surface area contributed by atoms with Gasteiger partial charge in [0.15, 0.2) is 0 Å². The monoisotopic (exact) mass is 347 g/mol. The molecule has 0 aliphatic heterocycles. The number of benzene rings is 2. The highest BCUT2D eigenvalue weighted by Crippen LogP contribution is 2.35. The van der Waals surface area contributed by atoms with Crippen LogP contribution in [0.25, 0.3) is 21.0 Å². The topological polar surface area (TPSA) is 68.0 Å². The first kappa shape index (κ1) is 15.6. The number of nitrogens with zero attached hydrogens (tertiary/aromatic N) is 1. The van der Waals surface area contributed by atoms with E-state index in [1.54, 1.807) is 0 Å². The zero-order chi connectivity index (χ0) is 17.6. The molecular weight excluding hydrogens is 330 g/mol. The van der Waals surface area contributed by atoms with Gasteiger partial charge in [-0.05, 0) is 36.9 Å². The van der Waals surface area contributed by atoms with E-state index >= 15 is 0 Å². The third-order valence-corrected chi connectivity index (χ3v) is 5.37. The van der Waals surface area contributed by atoms with Crippen LogP contribution in [0.3, 0.4) is 0 Å². The van der Waals surface area contributed by atoms with Gasteiger partial charge in [0.25, 0.3) is 5.91 Å². The summed E-state index contributed by atoms with van der Waals surface area (Å²) < 4.78 is 0. The molecule has 0 radical (unpaired) electrons. The molecule has 4 nitrogen and oxygen atoms in total. The third kappa shape index (κ3) is 2.62. The SMILES string of the molecule is Cc1cc(C)c2c(N)c(C(=O)Nc3cccc4ccccc34)sc2n1. The molecule has 2 aromatic heterocycles. The van der Waals surface area contributed by atoms with Crippen LogP contribution < -0.4 is 11.1 Å². The Hall–Kier alpha value is -2.92. The fraction of sp³-hybridized carbons (Fsp3) is 0.100. The number of aryl methyl sites for hydroxylation is 2. The average Bonchev–Trinajstić information content (AvgIpc) is 2.92. The Morgan fingerprint density at radius 3 is 2.72 bits per heavy atom. The van der Waals surface area contributed by atoms with Crippen LogP contribution in [0.15, 0.2) is 48.5 Å². The highest BCUT2D eigenvalue weighted by molar-refractivity contribution is 7.21. The molecule has 0 fully saturated rings.